The zero-order valence-electron chi connectivity index (χ0n) is 4.57. The van der Waals surface area contributed by atoms with Gasteiger partial charge in [-0.1, -0.05) is 0 Å². The van der Waals surface area contributed by atoms with E-state index in [2.05, 4.69) is 9.73 Å². The van der Waals surface area contributed by atoms with Crippen LogP contribution in [0.1, 0.15) is 0 Å². The van der Waals surface area contributed by atoms with Crippen molar-refractivity contribution in [1.82, 2.24) is 0 Å². The second-order valence-corrected chi connectivity index (χ2v) is 1.62. The van der Waals surface area contributed by atoms with Gasteiger partial charge in [0.05, 0.1) is 6.54 Å². The Morgan fingerprint density at radius 1 is 2.00 bits per heavy atom. The second-order valence-electron chi connectivity index (χ2n) is 1.62. The normalized spacial score (nSPS) is 24.9. The Morgan fingerprint density at radius 2 is 2.67 bits per heavy atom. The molecule has 5 nitrogen and oxygen atoms in total. The summed E-state index contributed by atoms with van der Waals surface area (Å²) < 4.78 is 4.55. The third-order valence-corrected chi connectivity index (χ3v) is 0.951. The number of hydrogen-bond acceptors (Lipinski definition) is 4. The van der Waals surface area contributed by atoms with Gasteiger partial charge in [0.25, 0.3) is 6.02 Å². The Labute approximate surface area is 51.1 Å². The number of nitrogens with two attached hydrogens (primary N) is 1. The topological polar surface area (TPSA) is 84.9 Å². The first-order valence-electron chi connectivity index (χ1n) is 2.39. The average Bonchev–Trinajstić information content (AvgIpc) is 2.14. The molecule has 0 saturated carbocycles. The molecule has 0 radical (unpaired) electrons. The van der Waals surface area contributed by atoms with E-state index in [0.29, 0.717) is 0 Å². The average molecular weight is 130 g/mol. The predicted molar refractivity (Wildman–Crippen MR) is 29.0 cm³/mol. The molecule has 0 aromatic rings. The van der Waals surface area contributed by atoms with Gasteiger partial charge < -0.3 is 15.6 Å². The number of hydrogen-bond donors (Lipinski definition) is 2. The minimum Gasteiger partial charge on any atom is -0.478 e. The van der Waals surface area contributed by atoms with Gasteiger partial charge in [0.1, 0.15) is 0 Å². The van der Waals surface area contributed by atoms with Gasteiger partial charge in [0.2, 0.25) is 6.10 Å². The van der Waals surface area contributed by atoms with Gasteiger partial charge >= 0.3 is 5.97 Å². The van der Waals surface area contributed by atoms with Crippen molar-refractivity contribution in [2.45, 2.75) is 6.10 Å². The number of carbonyl (C=O) groups is 1. The first kappa shape index (κ1) is 5.87. The molecule has 5 heteroatoms. The number of rotatable bonds is 1. The van der Waals surface area contributed by atoms with Crippen LogP contribution in [0.15, 0.2) is 4.99 Å². The summed E-state index contributed by atoms with van der Waals surface area (Å²) in [7, 11) is 0. The van der Waals surface area contributed by atoms with Crippen LogP contribution in [0.4, 0.5) is 0 Å². The van der Waals surface area contributed by atoms with E-state index in [1.807, 2.05) is 0 Å². The Balaban J connectivity index is 2.47. The third kappa shape index (κ3) is 1.10. The molecular formula is C4H6N2O3. The molecule has 3 N–H and O–H groups in total. The molecule has 0 bridgehead atoms. The highest BCUT2D eigenvalue weighted by molar-refractivity contribution is 5.81. The lowest BCUT2D eigenvalue weighted by molar-refractivity contribution is -0.144. The van der Waals surface area contributed by atoms with Crippen molar-refractivity contribution in [3.05, 3.63) is 0 Å². The number of aliphatic imine (C=N–C) groups is 1. The molecule has 50 valence electrons. The van der Waals surface area contributed by atoms with Gasteiger partial charge in [0.15, 0.2) is 0 Å². The van der Waals surface area contributed by atoms with Crippen molar-refractivity contribution in [2.24, 2.45) is 10.7 Å². The monoisotopic (exact) mass is 130 g/mol. The summed E-state index contributed by atoms with van der Waals surface area (Å²) in [6, 6.07) is -0.0394. The van der Waals surface area contributed by atoms with Gasteiger partial charge in [-0.15, -0.1) is 0 Å². The van der Waals surface area contributed by atoms with E-state index in [1.165, 1.54) is 0 Å². The van der Waals surface area contributed by atoms with Crippen LogP contribution in [0, 0.1) is 0 Å². The van der Waals surface area contributed by atoms with Crippen LogP contribution < -0.4 is 5.73 Å². The molecule has 1 rings (SSSR count). The molecule has 0 aromatic carbocycles. The lowest BCUT2D eigenvalue weighted by Crippen LogP contribution is -2.25. The molecule has 1 unspecified atom stereocenters. The molecule has 0 saturated heterocycles. The molecule has 0 fully saturated rings. The third-order valence-electron chi connectivity index (χ3n) is 0.951. The zero-order valence-corrected chi connectivity index (χ0v) is 4.57. The fraction of sp³-hybridized carbons (Fsp3) is 0.500. The van der Waals surface area contributed by atoms with Gasteiger partial charge in [-0.3, -0.25) is 0 Å². The van der Waals surface area contributed by atoms with E-state index in [0.717, 1.165) is 0 Å². The van der Waals surface area contributed by atoms with Crippen LogP contribution in [0.25, 0.3) is 0 Å². The van der Waals surface area contributed by atoms with Crippen LogP contribution in [0.3, 0.4) is 0 Å². The zero-order chi connectivity index (χ0) is 6.85. The minimum absolute atomic E-state index is 0.0394. The summed E-state index contributed by atoms with van der Waals surface area (Å²) >= 11 is 0. The highest BCUT2D eigenvalue weighted by Gasteiger charge is 2.24. The molecule has 1 aliphatic heterocycles. The van der Waals surface area contributed by atoms with Crippen LogP contribution in [-0.2, 0) is 9.53 Å². The summed E-state index contributed by atoms with van der Waals surface area (Å²) in [4.78, 5) is 13.6. The molecule has 1 atom stereocenters. The standard InChI is InChI=1S/C4H6N2O3/c5-4-6-1-2(9-4)3(7)8/h2H,1H2,(H2,5,6)(H,7,8). The number of nitrogens with zero attached hydrogens (tertiary/aromatic N) is 1. The number of carboxylic acid groups (broad SMARTS) is 1. The molecule has 9 heavy (non-hydrogen) atoms. The Morgan fingerprint density at radius 3 is 2.89 bits per heavy atom. The highest BCUT2D eigenvalue weighted by atomic mass is 16.5. The fourth-order valence-electron chi connectivity index (χ4n) is 0.522. The Hall–Kier alpha value is -1.26. The molecule has 0 spiro atoms. The summed E-state index contributed by atoms with van der Waals surface area (Å²) in [6.45, 7) is 0.126. The lowest BCUT2D eigenvalue weighted by Gasteiger charge is -2.00. The first-order chi connectivity index (χ1) is 4.20. The number of ether oxygens (including phenoxy) is 1. The second kappa shape index (κ2) is 1.93. The van der Waals surface area contributed by atoms with E-state index < -0.39 is 12.1 Å². The lowest BCUT2D eigenvalue weighted by atomic mass is 10.4. The SMILES string of the molecule is NC1=NCC(C(=O)O)O1. The van der Waals surface area contributed by atoms with Gasteiger partial charge in [-0.05, 0) is 0 Å². The number of amidine groups is 1. The van der Waals surface area contributed by atoms with Crippen molar-refractivity contribution in [1.29, 1.82) is 0 Å². The van der Waals surface area contributed by atoms with Gasteiger partial charge in [-0.25, -0.2) is 9.79 Å². The molecule has 1 aliphatic rings. The molecule has 1 heterocycles. The van der Waals surface area contributed by atoms with Crippen molar-refractivity contribution >= 4 is 12.0 Å². The van der Waals surface area contributed by atoms with Crippen molar-refractivity contribution in [3.63, 3.8) is 0 Å². The number of carboxylic acids is 1. The first-order valence-corrected chi connectivity index (χ1v) is 2.39. The largest absolute Gasteiger partial charge is 0.478 e. The molecule has 0 aliphatic carbocycles. The maximum Gasteiger partial charge on any atom is 0.347 e. The van der Waals surface area contributed by atoms with Crippen LogP contribution in [0.5, 0.6) is 0 Å². The van der Waals surface area contributed by atoms with Gasteiger partial charge in [0, 0.05) is 0 Å². The Bertz CT molecular complexity index is 165. The summed E-state index contributed by atoms with van der Waals surface area (Å²) in [6.07, 6.45) is -0.870. The van der Waals surface area contributed by atoms with Crippen molar-refractivity contribution < 1.29 is 14.6 Å². The van der Waals surface area contributed by atoms with E-state index in [1.54, 1.807) is 0 Å². The van der Waals surface area contributed by atoms with E-state index in [-0.39, 0.29) is 12.6 Å². The maximum atomic E-state index is 10.1. The maximum absolute atomic E-state index is 10.1. The van der Waals surface area contributed by atoms with Crippen LogP contribution in [-0.4, -0.2) is 29.7 Å². The smallest absolute Gasteiger partial charge is 0.347 e. The molecular weight excluding hydrogens is 124 g/mol. The van der Waals surface area contributed by atoms with E-state index >= 15 is 0 Å². The van der Waals surface area contributed by atoms with E-state index in [4.69, 9.17) is 10.8 Å². The summed E-state index contributed by atoms with van der Waals surface area (Å²) in [5.74, 6) is -1.03. The minimum atomic E-state index is -1.03. The molecule has 0 aromatic heterocycles. The van der Waals surface area contributed by atoms with Crippen molar-refractivity contribution in [3.8, 4) is 0 Å². The van der Waals surface area contributed by atoms with Crippen molar-refractivity contribution in [2.75, 3.05) is 6.54 Å². The predicted octanol–water partition coefficient (Wildman–Crippen LogP) is -1.22. The Kier molecular flexibility index (Phi) is 1.26. The summed E-state index contributed by atoms with van der Waals surface area (Å²) in [5, 5.41) is 8.28. The number of aliphatic carboxylic acids is 1. The molecule has 0 amide bonds. The quantitative estimate of drug-likeness (QED) is 0.466. The van der Waals surface area contributed by atoms with Crippen LogP contribution in [0.2, 0.25) is 0 Å². The highest BCUT2D eigenvalue weighted by Crippen LogP contribution is 2.00. The van der Waals surface area contributed by atoms with Gasteiger partial charge in [-0.2, -0.15) is 0 Å². The van der Waals surface area contributed by atoms with Crippen LogP contribution >= 0.6 is 0 Å². The summed E-state index contributed by atoms with van der Waals surface area (Å²) in [5.41, 5.74) is 5.03. The van der Waals surface area contributed by atoms with E-state index in [9.17, 15) is 4.79 Å². The fourth-order valence-corrected chi connectivity index (χ4v) is 0.522.